The summed E-state index contributed by atoms with van der Waals surface area (Å²) in [6.07, 6.45) is 4.88. The second-order valence-electron chi connectivity index (χ2n) is 13.3. The number of anilines is 2. The van der Waals surface area contributed by atoms with Gasteiger partial charge < -0.3 is 19.3 Å². The van der Waals surface area contributed by atoms with Gasteiger partial charge in [0, 0.05) is 54.6 Å². The summed E-state index contributed by atoms with van der Waals surface area (Å²) in [5, 5.41) is 4.29. The summed E-state index contributed by atoms with van der Waals surface area (Å²) in [5.41, 5.74) is 2.27. The summed E-state index contributed by atoms with van der Waals surface area (Å²) < 4.78 is 43.9. The lowest BCUT2D eigenvalue weighted by molar-refractivity contribution is 0.00733. The van der Waals surface area contributed by atoms with Gasteiger partial charge in [0.25, 0.3) is 0 Å². The molecular weight excluding hydrogens is 600 g/mol. The van der Waals surface area contributed by atoms with Crippen LogP contribution in [0.1, 0.15) is 65.0 Å². The molecule has 6 rings (SSSR count). The highest BCUT2D eigenvalue weighted by Crippen LogP contribution is 2.49. The molecule has 8 nitrogen and oxygen atoms in total. The first-order valence-electron chi connectivity index (χ1n) is 16.7. The van der Waals surface area contributed by atoms with Crippen LogP contribution in [0.2, 0.25) is 0 Å². The predicted octanol–water partition coefficient (Wildman–Crippen LogP) is 7.11. The van der Waals surface area contributed by atoms with Crippen LogP contribution in [0.25, 0.3) is 5.69 Å². The lowest BCUT2D eigenvalue weighted by Gasteiger charge is -2.37. The Hall–Kier alpha value is -4.18. The molecule has 3 heterocycles. The topological polar surface area (TPSA) is 64.8 Å². The molecule has 2 saturated heterocycles. The van der Waals surface area contributed by atoms with E-state index in [-0.39, 0.29) is 17.1 Å². The lowest BCUT2D eigenvalue weighted by Crippen LogP contribution is -2.46. The van der Waals surface area contributed by atoms with Crippen molar-refractivity contribution in [3.8, 4) is 11.4 Å². The fourth-order valence-electron chi connectivity index (χ4n) is 7.08. The van der Waals surface area contributed by atoms with E-state index in [1.165, 1.54) is 16.8 Å². The van der Waals surface area contributed by atoms with Crippen LogP contribution < -0.4 is 20.2 Å². The molecule has 2 aliphatic rings. The van der Waals surface area contributed by atoms with Gasteiger partial charge in [-0.25, -0.2) is 22.8 Å². The Balaban J connectivity index is 1.03. The molecule has 47 heavy (non-hydrogen) atoms. The number of halogens is 2. The third kappa shape index (κ3) is 6.79. The molecule has 0 amide bonds. The van der Waals surface area contributed by atoms with Crippen LogP contribution in [0.15, 0.2) is 77.9 Å². The van der Waals surface area contributed by atoms with Gasteiger partial charge in [-0.15, -0.1) is 0 Å². The van der Waals surface area contributed by atoms with E-state index in [2.05, 4.69) is 46.1 Å². The van der Waals surface area contributed by atoms with Crippen molar-refractivity contribution < 1.29 is 18.3 Å². The summed E-state index contributed by atoms with van der Waals surface area (Å²) in [7, 11) is 0. The van der Waals surface area contributed by atoms with E-state index in [9.17, 15) is 13.6 Å². The molecule has 4 aromatic rings. The van der Waals surface area contributed by atoms with E-state index in [1.54, 1.807) is 10.9 Å². The molecule has 1 aromatic heterocycles. The first-order chi connectivity index (χ1) is 22.6. The third-order valence-electron chi connectivity index (χ3n) is 9.91. The molecule has 0 aliphatic carbocycles. The highest BCUT2D eigenvalue weighted by Gasteiger charge is 2.48. The van der Waals surface area contributed by atoms with E-state index in [0.29, 0.717) is 25.2 Å². The van der Waals surface area contributed by atoms with Gasteiger partial charge in [0.1, 0.15) is 23.7 Å². The molecule has 3 aromatic carbocycles. The molecule has 0 saturated carbocycles. The van der Waals surface area contributed by atoms with E-state index >= 15 is 0 Å². The molecule has 10 heteroatoms. The van der Waals surface area contributed by atoms with Crippen molar-refractivity contribution >= 4 is 11.4 Å². The number of ether oxygens (including phenoxy) is 2. The number of nitrogens with zero attached hydrogens (tertiary/aromatic N) is 5. The fourth-order valence-corrected chi connectivity index (χ4v) is 7.08. The molecule has 0 unspecified atom stereocenters. The van der Waals surface area contributed by atoms with Crippen molar-refractivity contribution in [1.29, 1.82) is 0 Å². The predicted molar refractivity (Wildman–Crippen MR) is 181 cm³/mol. The van der Waals surface area contributed by atoms with Crippen LogP contribution in [-0.2, 0) is 10.3 Å². The zero-order chi connectivity index (χ0) is 33.2. The fraction of sp³-hybridized carbons (Fsp3) is 0.459. The minimum Gasteiger partial charge on any atom is -0.493 e. The van der Waals surface area contributed by atoms with Crippen molar-refractivity contribution in [1.82, 2.24) is 14.3 Å². The van der Waals surface area contributed by atoms with Crippen LogP contribution >= 0.6 is 0 Å². The molecule has 2 aliphatic heterocycles. The first-order valence-corrected chi connectivity index (χ1v) is 16.7. The standard InChI is InChI=1S/C37H45F2N5O3/c1-5-17-37(23-36(4,47-25-37)33-16-7-28(38)22-34(33)39)24-46-32-14-12-30(13-15-32)42-20-18-41(19-21-42)29-8-10-31(11-9-29)43-26-40-44(35(43)45)27(3)6-2/h7-16,22,26-27H,5-6,17-21,23-25H2,1-4H3/t27-,36-,37-/m1/s1. The smallest absolute Gasteiger partial charge is 0.350 e. The molecular formula is C37H45F2N5O3. The van der Waals surface area contributed by atoms with Gasteiger partial charge in [-0.05, 0) is 87.7 Å². The Morgan fingerprint density at radius 2 is 1.53 bits per heavy atom. The molecule has 0 N–H and O–H groups in total. The Bertz CT molecular complexity index is 1720. The zero-order valence-corrected chi connectivity index (χ0v) is 27.8. The second-order valence-corrected chi connectivity index (χ2v) is 13.3. The number of benzene rings is 3. The highest BCUT2D eigenvalue weighted by atomic mass is 19.1. The Labute approximate surface area is 275 Å². The van der Waals surface area contributed by atoms with Crippen LogP contribution in [0.5, 0.6) is 5.75 Å². The van der Waals surface area contributed by atoms with Crippen LogP contribution in [0.4, 0.5) is 20.2 Å². The number of aromatic nitrogens is 3. The molecule has 3 atom stereocenters. The number of rotatable bonds is 11. The van der Waals surface area contributed by atoms with Gasteiger partial charge in [-0.3, -0.25) is 0 Å². The second kappa shape index (κ2) is 13.5. The Morgan fingerprint density at radius 1 is 0.915 bits per heavy atom. The maximum absolute atomic E-state index is 14.7. The zero-order valence-electron chi connectivity index (χ0n) is 27.8. The quantitative estimate of drug-likeness (QED) is 0.173. The van der Waals surface area contributed by atoms with Crippen LogP contribution in [0.3, 0.4) is 0 Å². The van der Waals surface area contributed by atoms with Crippen LogP contribution in [0, 0.1) is 17.0 Å². The van der Waals surface area contributed by atoms with Gasteiger partial charge in [0.15, 0.2) is 0 Å². The minimum absolute atomic E-state index is 0.0630. The van der Waals surface area contributed by atoms with E-state index in [0.717, 1.165) is 74.3 Å². The lowest BCUT2D eigenvalue weighted by atomic mass is 9.76. The van der Waals surface area contributed by atoms with Crippen molar-refractivity contribution in [3.05, 3.63) is 101 Å². The van der Waals surface area contributed by atoms with Crippen LogP contribution in [-0.4, -0.2) is 53.7 Å². The number of hydrogen-bond donors (Lipinski definition) is 0. The van der Waals surface area contributed by atoms with E-state index in [4.69, 9.17) is 9.47 Å². The summed E-state index contributed by atoms with van der Waals surface area (Å²) >= 11 is 0. The van der Waals surface area contributed by atoms with Crippen molar-refractivity contribution in [2.75, 3.05) is 49.2 Å². The Kier molecular flexibility index (Phi) is 9.41. The SMILES string of the molecule is CCC[C@@]1(COc2ccc(N3CCN(c4ccc(-n5cnn([C@H](C)CC)c5=O)cc4)CC3)cc2)CO[C@@](C)(c2ccc(F)cc2F)C1. The van der Waals surface area contributed by atoms with Gasteiger partial charge in [-0.2, -0.15) is 5.10 Å². The first kappa shape index (κ1) is 32.7. The molecule has 0 radical (unpaired) electrons. The van der Waals surface area contributed by atoms with Gasteiger partial charge in [-0.1, -0.05) is 26.3 Å². The van der Waals surface area contributed by atoms with E-state index in [1.807, 2.05) is 45.0 Å². The molecule has 2 fully saturated rings. The third-order valence-corrected chi connectivity index (χ3v) is 9.91. The highest BCUT2D eigenvalue weighted by molar-refractivity contribution is 5.54. The average Bonchev–Trinajstić information content (AvgIpc) is 3.64. The molecule has 250 valence electrons. The van der Waals surface area contributed by atoms with Gasteiger partial charge in [0.05, 0.1) is 30.5 Å². The summed E-state index contributed by atoms with van der Waals surface area (Å²) in [6, 6.07) is 20.1. The largest absolute Gasteiger partial charge is 0.493 e. The Morgan fingerprint density at radius 3 is 2.13 bits per heavy atom. The average molecular weight is 646 g/mol. The normalized spacial score (nSPS) is 22.1. The summed E-state index contributed by atoms with van der Waals surface area (Å²) in [6.45, 7) is 12.5. The maximum Gasteiger partial charge on any atom is 0.350 e. The minimum atomic E-state index is -0.832. The summed E-state index contributed by atoms with van der Waals surface area (Å²) in [5.74, 6) is -0.374. The van der Waals surface area contributed by atoms with Crippen molar-refractivity contribution in [3.63, 3.8) is 0 Å². The van der Waals surface area contributed by atoms with Gasteiger partial charge in [0.2, 0.25) is 0 Å². The summed E-state index contributed by atoms with van der Waals surface area (Å²) in [4.78, 5) is 17.5. The number of piperazine rings is 1. The maximum atomic E-state index is 14.7. The molecule has 0 bridgehead atoms. The van der Waals surface area contributed by atoms with Crippen molar-refractivity contribution in [2.24, 2.45) is 5.41 Å². The van der Waals surface area contributed by atoms with E-state index < -0.39 is 17.2 Å². The van der Waals surface area contributed by atoms with Gasteiger partial charge >= 0.3 is 5.69 Å². The monoisotopic (exact) mass is 645 g/mol. The number of hydrogen-bond acceptors (Lipinski definition) is 6. The van der Waals surface area contributed by atoms with Crippen molar-refractivity contribution in [2.45, 2.75) is 65.0 Å². The molecule has 0 spiro atoms.